The Balaban J connectivity index is 3.03. The summed E-state index contributed by atoms with van der Waals surface area (Å²) in [5.41, 5.74) is 6.59. The van der Waals surface area contributed by atoms with Crippen LogP contribution in [-0.4, -0.2) is 28.6 Å². The van der Waals surface area contributed by atoms with E-state index in [-0.39, 0.29) is 5.69 Å². The van der Waals surface area contributed by atoms with Crippen LogP contribution >= 0.6 is 0 Å². The van der Waals surface area contributed by atoms with Gasteiger partial charge in [0, 0.05) is 17.8 Å². The molecule has 4 N–H and O–H groups in total. The molecule has 1 atom stereocenters. The molecule has 0 radical (unpaired) electrons. The Morgan fingerprint density at radius 2 is 2.28 bits per heavy atom. The van der Waals surface area contributed by atoms with Crippen molar-refractivity contribution in [2.45, 2.75) is 19.4 Å². The Bertz CT molecular complexity index is 462. The fraction of sp³-hybridized carbons (Fsp3) is 0.364. The third-order valence-electron chi connectivity index (χ3n) is 2.46. The van der Waals surface area contributed by atoms with Gasteiger partial charge in [-0.1, -0.05) is 0 Å². The van der Waals surface area contributed by atoms with Gasteiger partial charge in [0.1, 0.15) is 6.04 Å². The van der Waals surface area contributed by atoms with Gasteiger partial charge in [-0.2, -0.15) is 0 Å². The molecule has 1 rings (SSSR count). The summed E-state index contributed by atoms with van der Waals surface area (Å²) in [7, 11) is 0. The molecule has 18 heavy (non-hydrogen) atoms. The highest BCUT2D eigenvalue weighted by Gasteiger charge is 2.15. The summed E-state index contributed by atoms with van der Waals surface area (Å²) in [6.07, 6.45) is 0.441. The lowest BCUT2D eigenvalue weighted by Gasteiger charge is -2.14. The van der Waals surface area contributed by atoms with Crippen molar-refractivity contribution in [3.8, 4) is 0 Å². The van der Waals surface area contributed by atoms with Crippen LogP contribution in [-0.2, 0) is 11.2 Å². The number of hydrogen-bond acceptors (Lipinski definition) is 5. The summed E-state index contributed by atoms with van der Waals surface area (Å²) in [6, 6.07) is 3.46. The zero-order valence-electron chi connectivity index (χ0n) is 9.92. The molecule has 98 valence electrons. The standard InChI is InChI=1S/C11H15N3O4/c1-7(11(15)16)13-10-3-2-9(14(17)18)6-8(10)4-5-12/h2-3,6-7,13H,4-5,12H2,1H3,(H,15,16)/t7-/m0/s1. The third kappa shape index (κ3) is 3.42. The van der Waals surface area contributed by atoms with Gasteiger partial charge in [0.25, 0.3) is 5.69 Å². The lowest BCUT2D eigenvalue weighted by molar-refractivity contribution is -0.384. The number of carboxylic acids is 1. The lowest BCUT2D eigenvalue weighted by Crippen LogP contribution is -2.26. The summed E-state index contributed by atoms with van der Waals surface area (Å²) in [6.45, 7) is 1.83. The molecular formula is C11H15N3O4. The number of anilines is 1. The molecular weight excluding hydrogens is 238 g/mol. The van der Waals surface area contributed by atoms with Crippen LogP contribution in [0.15, 0.2) is 18.2 Å². The van der Waals surface area contributed by atoms with Crippen molar-refractivity contribution in [1.29, 1.82) is 0 Å². The van der Waals surface area contributed by atoms with Crippen molar-refractivity contribution in [2.24, 2.45) is 5.73 Å². The number of non-ortho nitro benzene ring substituents is 1. The number of nitrogens with zero attached hydrogens (tertiary/aromatic N) is 1. The Morgan fingerprint density at radius 3 is 2.78 bits per heavy atom. The summed E-state index contributed by atoms with van der Waals surface area (Å²) in [5.74, 6) is -0.993. The molecule has 0 fully saturated rings. The smallest absolute Gasteiger partial charge is 0.325 e. The average molecular weight is 253 g/mol. The second kappa shape index (κ2) is 5.97. The number of nitro benzene ring substituents is 1. The molecule has 0 aliphatic carbocycles. The minimum atomic E-state index is -0.993. The van der Waals surface area contributed by atoms with Crippen molar-refractivity contribution in [3.63, 3.8) is 0 Å². The van der Waals surface area contributed by atoms with Gasteiger partial charge in [-0.15, -0.1) is 0 Å². The van der Waals surface area contributed by atoms with Crippen molar-refractivity contribution >= 4 is 17.3 Å². The van der Waals surface area contributed by atoms with Gasteiger partial charge in [0.05, 0.1) is 4.92 Å². The van der Waals surface area contributed by atoms with Gasteiger partial charge in [0.2, 0.25) is 0 Å². The SMILES string of the molecule is C[C@H](Nc1ccc([N+](=O)[O-])cc1CCN)C(=O)O. The molecule has 0 aromatic heterocycles. The first-order chi connectivity index (χ1) is 8.45. The molecule has 0 saturated heterocycles. The average Bonchev–Trinajstić information content (AvgIpc) is 2.31. The Kier molecular flexibility index (Phi) is 4.61. The van der Waals surface area contributed by atoms with Gasteiger partial charge >= 0.3 is 5.97 Å². The highest BCUT2D eigenvalue weighted by molar-refractivity contribution is 5.77. The third-order valence-corrected chi connectivity index (χ3v) is 2.46. The van der Waals surface area contributed by atoms with Crippen LogP contribution in [0.3, 0.4) is 0 Å². The largest absolute Gasteiger partial charge is 0.480 e. The molecule has 1 aromatic carbocycles. The van der Waals surface area contributed by atoms with E-state index in [0.29, 0.717) is 24.2 Å². The maximum Gasteiger partial charge on any atom is 0.325 e. The fourth-order valence-electron chi connectivity index (χ4n) is 1.49. The highest BCUT2D eigenvalue weighted by atomic mass is 16.6. The Labute approximate surface area is 104 Å². The zero-order valence-corrected chi connectivity index (χ0v) is 9.92. The number of hydrogen-bond donors (Lipinski definition) is 3. The number of carbonyl (C=O) groups is 1. The number of benzene rings is 1. The minimum Gasteiger partial charge on any atom is -0.480 e. The van der Waals surface area contributed by atoms with Gasteiger partial charge < -0.3 is 16.2 Å². The van der Waals surface area contributed by atoms with Crippen LogP contribution in [0.4, 0.5) is 11.4 Å². The van der Waals surface area contributed by atoms with Crippen molar-refractivity contribution in [3.05, 3.63) is 33.9 Å². The number of nitrogens with two attached hydrogens (primary N) is 1. The van der Waals surface area contributed by atoms with E-state index in [0.717, 1.165) is 0 Å². The number of nitrogens with one attached hydrogen (secondary N) is 1. The molecule has 0 aliphatic rings. The van der Waals surface area contributed by atoms with E-state index < -0.39 is 16.9 Å². The number of rotatable bonds is 6. The first kappa shape index (κ1) is 13.9. The molecule has 0 unspecified atom stereocenters. The monoisotopic (exact) mass is 253 g/mol. The van der Waals surface area contributed by atoms with Crippen molar-refractivity contribution in [2.75, 3.05) is 11.9 Å². The number of carboxylic acid groups (broad SMARTS) is 1. The van der Waals surface area contributed by atoms with Crippen LogP contribution in [0, 0.1) is 10.1 Å². The maximum atomic E-state index is 10.8. The Hall–Kier alpha value is -2.15. The number of aliphatic carboxylic acids is 1. The van der Waals surface area contributed by atoms with Crippen LogP contribution in [0.5, 0.6) is 0 Å². The van der Waals surface area contributed by atoms with Crippen LogP contribution < -0.4 is 11.1 Å². The molecule has 7 heteroatoms. The lowest BCUT2D eigenvalue weighted by atomic mass is 10.1. The summed E-state index contributed by atoms with van der Waals surface area (Å²) in [4.78, 5) is 20.9. The molecule has 0 saturated carbocycles. The van der Waals surface area contributed by atoms with Gasteiger partial charge in [-0.25, -0.2) is 0 Å². The van der Waals surface area contributed by atoms with E-state index in [2.05, 4.69) is 5.32 Å². The van der Waals surface area contributed by atoms with Gasteiger partial charge in [0.15, 0.2) is 0 Å². The molecule has 1 aromatic rings. The first-order valence-electron chi connectivity index (χ1n) is 5.42. The quantitative estimate of drug-likeness (QED) is 0.513. The maximum absolute atomic E-state index is 10.8. The number of nitro groups is 1. The summed E-state index contributed by atoms with van der Waals surface area (Å²) < 4.78 is 0. The molecule has 0 spiro atoms. The fourth-order valence-corrected chi connectivity index (χ4v) is 1.49. The Morgan fingerprint density at radius 1 is 1.61 bits per heavy atom. The van der Waals surface area contributed by atoms with E-state index in [9.17, 15) is 14.9 Å². The van der Waals surface area contributed by atoms with E-state index in [1.54, 1.807) is 0 Å². The minimum absolute atomic E-state index is 0.0352. The molecule has 0 aliphatic heterocycles. The van der Waals surface area contributed by atoms with Crippen LogP contribution in [0.2, 0.25) is 0 Å². The molecule has 0 heterocycles. The van der Waals surface area contributed by atoms with Gasteiger partial charge in [-0.05, 0) is 31.5 Å². The van der Waals surface area contributed by atoms with Gasteiger partial charge in [-0.3, -0.25) is 14.9 Å². The first-order valence-corrected chi connectivity index (χ1v) is 5.42. The van der Waals surface area contributed by atoms with E-state index in [4.69, 9.17) is 10.8 Å². The second-order valence-corrected chi connectivity index (χ2v) is 3.84. The van der Waals surface area contributed by atoms with Crippen LogP contribution in [0.1, 0.15) is 12.5 Å². The summed E-state index contributed by atoms with van der Waals surface area (Å²) in [5, 5.41) is 22.3. The molecule has 7 nitrogen and oxygen atoms in total. The predicted molar refractivity (Wildman–Crippen MR) is 66.6 cm³/mol. The second-order valence-electron chi connectivity index (χ2n) is 3.84. The topological polar surface area (TPSA) is 118 Å². The molecule has 0 bridgehead atoms. The van der Waals surface area contributed by atoms with Crippen LogP contribution in [0.25, 0.3) is 0 Å². The van der Waals surface area contributed by atoms with E-state index >= 15 is 0 Å². The van der Waals surface area contributed by atoms with E-state index in [1.165, 1.54) is 25.1 Å². The normalized spacial score (nSPS) is 11.9. The predicted octanol–water partition coefficient (Wildman–Crippen LogP) is 0.981. The zero-order chi connectivity index (χ0) is 13.7. The van der Waals surface area contributed by atoms with Crippen molar-refractivity contribution < 1.29 is 14.8 Å². The molecule has 0 amide bonds. The van der Waals surface area contributed by atoms with Crippen molar-refractivity contribution in [1.82, 2.24) is 0 Å². The summed E-state index contributed by atoms with van der Waals surface area (Å²) >= 11 is 0. The van der Waals surface area contributed by atoms with E-state index in [1.807, 2.05) is 0 Å². The highest BCUT2D eigenvalue weighted by Crippen LogP contribution is 2.23.